The first kappa shape index (κ1) is 15.4. The number of anilines is 1. The molecule has 23 heavy (non-hydrogen) atoms. The van der Waals surface area contributed by atoms with Crippen LogP contribution in [0.3, 0.4) is 0 Å². The molecule has 0 saturated carbocycles. The average Bonchev–Trinajstić information content (AvgIpc) is 2.55. The van der Waals surface area contributed by atoms with Crippen LogP contribution in [0.1, 0.15) is 17.2 Å². The minimum Gasteiger partial charge on any atom is -0.370 e. The van der Waals surface area contributed by atoms with Crippen LogP contribution in [0, 0.1) is 22.9 Å². The number of benzene rings is 1. The lowest BCUT2D eigenvalue weighted by molar-refractivity contribution is -0.385. The highest BCUT2D eigenvalue weighted by molar-refractivity contribution is 5.49. The van der Waals surface area contributed by atoms with Gasteiger partial charge in [0.2, 0.25) is 0 Å². The number of pyridine rings is 1. The number of hydrogen-bond acceptors (Lipinski definition) is 5. The molecule has 1 fully saturated rings. The molecule has 0 aliphatic carbocycles. The van der Waals surface area contributed by atoms with E-state index >= 15 is 0 Å². The molecule has 0 amide bonds. The third-order valence-corrected chi connectivity index (χ3v) is 3.91. The maximum Gasteiger partial charge on any atom is 0.290 e. The summed E-state index contributed by atoms with van der Waals surface area (Å²) in [6, 6.07) is 8.21. The molecular weight excluding hydrogens is 301 g/mol. The topological polar surface area (TPSA) is 68.5 Å². The van der Waals surface area contributed by atoms with Gasteiger partial charge in [-0.1, -0.05) is 18.2 Å². The lowest BCUT2D eigenvalue weighted by Crippen LogP contribution is -2.39. The lowest BCUT2D eigenvalue weighted by atomic mass is 10.1. The second-order valence-electron chi connectivity index (χ2n) is 5.41. The molecule has 7 heteroatoms. The molecule has 1 unspecified atom stereocenters. The van der Waals surface area contributed by atoms with Crippen molar-refractivity contribution in [1.82, 2.24) is 4.98 Å². The van der Waals surface area contributed by atoms with Crippen LogP contribution >= 0.6 is 0 Å². The molecule has 1 aliphatic heterocycles. The Kier molecular flexibility index (Phi) is 4.20. The quantitative estimate of drug-likeness (QED) is 0.643. The van der Waals surface area contributed by atoms with Crippen molar-refractivity contribution in [2.24, 2.45) is 0 Å². The molecule has 2 heterocycles. The molecule has 1 atom stereocenters. The number of hydrogen-bond donors (Lipinski definition) is 0. The summed E-state index contributed by atoms with van der Waals surface area (Å²) < 4.78 is 19.6. The van der Waals surface area contributed by atoms with Crippen LogP contribution in [0.2, 0.25) is 0 Å². The second kappa shape index (κ2) is 6.29. The highest BCUT2D eigenvalue weighted by Gasteiger charge is 2.25. The monoisotopic (exact) mass is 317 g/mol. The van der Waals surface area contributed by atoms with Crippen LogP contribution < -0.4 is 4.90 Å². The molecule has 0 radical (unpaired) electrons. The summed E-state index contributed by atoms with van der Waals surface area (Å²) in [5, 5.41) is 10.9. The Morgan fingerprint density at radius 1 is 1.43 bits per heavy atom. The van der Waals surface area contributed by atoms with Crippen LogP contribution in [0.5, 0.6) is 0 Å². The van der Waals surface area contributed by atoms with Crippen LogP contribution in [-0.2, 0) is 4.74 Å². The number of aryl methyl sites for hydroxylation is 1. The highest BCUT2D eigenvalue weighted by Crippen LogP contribution is 2.28. The first-order chi connectivity index (χ1) is 11.1. The molecule has 1 aliphatic rings. The third-order valence-electron chi connectivity index (χ3n) is 3.91. The fourth-order valence-corrected chi connectivity index (χ4v) is 2.68. The molecule has 6 nitrogen and oxygen atoms in total. The van der Waals surface area contributed by atoms with Crippen LogP contribution in [0.15, 0.2) is 36.5 Å². The van der Waals surface area contributed by atoms with E-state index < -0.39 is 4.92 Å². The van der Waals surface area contributed by atoms with Crippen molar-refractivity contribution in [2.75, 3.05) is 24.6 Å². The molecule has 0 N–H and O–H groups in total. The molecule has 2 aromatic rings. The smallest absolute Gasteiger partial charge is 0.290 e. The fraction of sp³-hybridized carbons (Fsp3) is 0.312. The number of nitrogens with zero attached hydrogens (tertiary/aromatic N) is 3. The minimum atomic E-state index is -0.451. The lowest BCUT2D eigenvalue weighted by Gasteiger charge is -2.34. The zero-order valence-corrected chi connectivity index (χ0v) is 12.6. The van der Waals surface area contributed by atoms with Crippen molar-refractivity contribution in [1.29, 1.82) is 0 Å². The number of rotatable bonds is 3. The van der Waals surface area contributed by atoms with E-state index in [-0.39, 0.29) is 17.6 Å². The Morgan fingerprint density at radius 3 is 2.91 bits per heavy atom. The Balaban J connectivity index is 1.83. The average molecular weight is 317 g/mol. The van der Waals surface area contributed by atoms with Crippen molar-refractivity contribution < 1.29 is 14.1 Å². The SMILES string of the molecule is Cc1cc(N2CCOC(c3ccccc3F)C2)ncc1[N+](=O)[O-]. The molecule has 120 valence electrons. The number of ether oxygens (including phenoxy) is 1. The van der Waals surface area contributed by atoms with Gasteiger partial charge in [-0.25, -0.2) is 9.37 Å². The van der Waals surface area contributed by atoms with Crippen LogP contribution in [0.4, 0.5) is 15.9 Å². The van der Waals surface area contributed by atoms with E-state index in [0.717, 1.165) is 0 Å². The number of morpholine rings is 1. The van der Waals surface area contributed by atoms with Gasteiger partial charge in [-0.3, -0.25) is 10.1 Å². The zero-order chi connectivity index (χ0) is 16.4. The van der Waals surface area contributed by atoms with E-state index in [2.05, 4.69) is 4.98 Å². The summed E-state index contributed by atoms with van der Waals surface area (Å²) >= 11 is 0. The van der Waals surface area contributed by atoms with Crippen LogP contribution in [0.25, 0.3) is 0 Å². The van der Waals surface area contributed by atoms with Crippen molar-refractivity contribution in [3.63, 3.8) is 0 Å². The number of aromatic nitrogens is 1. The van der Waals surface area contributed by atoms with Gasteiger partial charge in [0.15, 0.2) is 0 Å². The van der Waals surface area contributed by atoms with Gasteiger partial charge in [-0.2, -0.15) is 0 Å². The Bertz CT molecular complexity index is 738. The molecule has 1 saturated heterocycles. The summed E-state index contributed by atoms with van der Waals surface area (Å²) in [5.41, 5.74) is 1.05. The highest BCUT2D eigenvalue weighted by atomic mass is 19.1. The van der Waals surface area contributed by atoms with Gasteiger partial charge < -0.3 is 9.64 Å². The Morgan fingerprint density at radius 2 is 2.22 bits per heavy atom. The predicted octanol–water partition coefficient (Wildman–Crippen LogP) is 3.02. The van der Waals surface area contributed by atoms with E-state index in [1.165, 1.54) is 12.3 Å². The van der Waals surface area contributed by atoms with Gasteiger partial charge in [-0.15, -0.1) is 0 Å². The largest absolute Gasteiger partial charge is 0.370 e. The van der Waals surface area contributed by atoms with Gasteiger partial charge in [0.25, 0.3) is 5.69 Å². The third kappa shape index (κ3) is 3.14. The van der Waals surface area contributed by atoms with E-state index in [1.807, 2.05) is 4.90 Å². The molecular formula is C16H16FN3O3. The maximum absolute atomic E-state index is 13.9. The first-order valence-corrected chi connectivity index (χ1v) is 7.28. The number of halogens is 1. The van der Waals surface area contributed by atoms with Gasteiger partial charge in [0.1, 0.15) is 23.9 Å². The maximum atomic E-state index is 13.9. The van der Waals surface area contributed by atoms with Crippen molar-refractivity contribution >= 4 is 11.5 Å². The zero-order valence-electron chi connectivity index (χ0n) is 12.6. The summed E-state index contributed by atoms with van der Waals surface area (Å²) in [6.45, 7) is 3.18. The fourth-order valence-electron chi connectivity index (χ4n) is 2.68. The predicted molar refractivity (Wildman–Crippen MR) is 82.9 cm³/mol. The summed E-state index contributed by atoms with van der Waals surface area (Å²) in [4.78, 5) is 16.5. The standard InChI is InChI=1S/C16H16FN3O3/c1-11-8-16(18-9-14(11)20(21)22)19-6-7-23-15(10-19)12-4-2-3-5-13(12)17/h2-5,8-9,15H,6-7,10H2,1H3. The molecule has 0 spiro atoms. The first-order valence-electron chi connectivity index (χ1n) is 7.28. The summed E-state index contributed by atoms with van der Waals surface area (Å²) in [7, 11) is 0. The van der Waals surface area contributed by atoms with Crippen LogP contribution in [-0.4, -0.2) is 29.6 Å². The van der Waals surface area contributed by atoms with Crippen molar-refractivity contribution in [2.45, 2.75) is 13.0 Å². The van der Waals surface area contributed by atoms with Crippen molar-refractivity contribution in [3.05, 3.63) is 63.6 Å². The molecule has 1 aromatic carbocycles. The van der Waals surface area contributed by atoms with E-state index in [0.29, 0.717) is 36.6 Å². The Labute approximate surface area is 132 Å². The molecule has 1 aromatic heterocycles. The van der Waals surface area contributed by atoms with Gasteiger partial charge in [0, 0.05) is 24.2 Å². The summed E-state index contributed by atoms with van der Waals surface area (Å²) in [6.07, 6.45) is 0.875. The minimum absolute atomic E-state index is 0.00679. The van der Waals surface area contributed by atoms with Gasteiger partial charge in [-0.05, 0) is 19.1 Å². The Hall–Kier alpha value is -2.54. The summed E-state index contributed by atoms with van der Waals surface area (Å²) in [5.74, 6) is 0.338. The van der Waals surface area contributed by atoms with E-state index in [9.17, 15) is 14.5 Å². The normalized spacial score (nSPS) is 18.0. The van der Waals surface area contributed by atoms with Gasteiger partial charge in [0.05, 0.1) is 11.5 Å². The molecule has 0 bridgehead atoms. The molecule has 3 rings (SSSR count). The van der Waals surface area contributed by atoms with Gasteiger partial charge >= 0.3 is 0 Å². The van der Waals surface area contributed by atoms with E-state index in [1.54, 1.807) is 31.2 Å². The van der Waals surface area contributed by atoms with Crippen molar-refractivity contribution in [3.8, 4) is 0 Å². The van der Waals surface area contributed by atoms with E-state index in [4.69, 9.17) is 4.74 Å². The number of nitro groups is 1. The second-order valence-corrected chi connectivity index (χ2v) is 5.41.